The Balaban J connectivity index is 0.000000236. The highest BCUT2D eigenvalue weighted by molar-refractivity contribution is 5.12. The molecule has 0 atom stereocenters. The minimum atomic E-state index is 0.211. The number of nitriles is 1. The van der Waals surface area contributed by atoms with E-state index in [1.165, 1.54) is 13.1 Å². The summed E-state index contributed by atoms with van der Waals surface area (Å²) in [6.07, 6.45) is 3.00. The molecule has 0 fully saturated rings. The Kier molecular flexibility index (Phi) is 4.70. The molecule has 0 aliphatic carbocycles. The van der Waals surface area contributed by atoms with Gasteiger partial charge in [-0.3, -0.25) is 4.98 Å². The number of hydrogen-bond acceptors (Lipinski definition) is 3. The van der Waals surface area contributed by atoms with E-state index in [9.17, 15) is 0 Å². The zero-order valence-electron chi connectivity index (χ0n) is 5.65. The maximum absolute atomic E-state index is 8.57. The lowest BCUT2D eigenvalue weighted by Gasteiger charge is -1.81. The lowest BCUT2D eigenvalue weighted by Crippen LogP contribution is -1.64. The quantitative estimate of drug-likeness (QED) is 0.585. The van der Waals surface area contributed by atoms with Crippen LogP contribution < -0.4 is 0 Å². The van der Waals surface area contributed by atoms with E-state index in [1.807, 2.05) is 0 Å². The van der Waals surface area contributed by atoms with Crippen molar-refractivity contribution in [2.45, 2.75) is 6.92 Å². The minimum Gasteiger partial charge on any atom is -0.506 e. The molecule has 1 aromatic heterocycles. The Bertz CT molecular complexity index is 203. The maximum atomic E-state index is 8.57. The lowest BCUT2D eigenvalue weighted by atomic mass is 10.5. The number of rotatable bonds is 0. The molecule has 0 aliphatic rings. The number of hydrogen-bond donors (Lipinski definition) is 1. The van der Waals surface area contributed by atoms with E-state index in [-0.39, 0.29) is 5.75 Å². The monoisotopic (exact) mass is 136 g/mol. The van der Waals surface area contributed by atoms with Crippen molar-refractivity contribution in [3.63, 3.8) is 0 Å². The van der Waals surface area contributed by atoms with Crippen LogP contribution in [0.15, 0.2) is 24.5 Å². The van der Waals surface area contributed by atoms with Crippen LogP contribution in [-0.4, -0.2) is 10.1 Å². The second-order valence-electron chi connectivity index (χ2n) is 1.43. The fourth-order valence-electron chi connectivity index (χ4n) is 0.354. The molecule has 0 radical (unpaired) electrons. The third-order valence-corrected chi connectivity index (χ3v) is 0.646. The van der Waals surface area contributed by atoms with Crippen molar-refractivity contribution >= 4 is 0 Å². The van der Waals surface area contributed by atoms with Crippen molar-refractivity contribution in [2.75, 3.05) is 0 Å². The van der Waals surface area contributed by atoms with Crippen LogP contribution in [0.1, 0.15) is 6.92 Å². The first-order chi connectivity index (χ1) is 4.81. The normalized spacial score (nSPS) is 6.80. The zero-order valence-corrected chi connectivity index (χ0v) is 5.65. The van der Waals surface area contributed by atoms with Gasteiger partial charge in [0.1, 0.15) is 5.75 Å². The molecule has 0 amide bonds. The van der Waals surface area contributed by atoms with Crippen LogP contribution in [0.5, 0.6) is 5.75 Å². The van der Waals surface area contributed by atoms with E-state index >= 15 is 0 Å². The van der Waals surface area contributed by atoms with Gasteiger partial charge in [-0.2, -0.15) is 5.26 Å². The van der Waals surface area contributed by atoms with Crippen LogP contribution in [0.2, 0.25) is 0 Å². The molecule has 0 spiro atoms. The van der Waals surface area contributed by atoms with Crippen LogP contribution in [0.4, 0.5) is 0 Å². The average molecular weight is 136 g/mol. The van der Waals surface area contributed by atoms with Crippen LogP contribution in [0, 0.1) is 11.3 Å². The molecule has 1 heterocycles. The number of nitrogens with zero attached hydrogens (tertiary/aromatic N) is 2. The zero-order chi connectivity index (χ0) is 7.82. The molecule has 1 rings (SSSR count). The maximum Gasteiger partial charge on any atom is 0.133 e. The van der Waals surface area contributed by atoms with E-state index < -0.39 is 0 Å². The molecule has 3 heteroatoms. The van der Waals surface area contributed by atoms with Gasteiger partial charge in [0.2, 0.25) is 0 Å². The van der Waals surface area contributed by atoms with Crippen molar-refractivity contribution in [1.29, 1.82) is 5.26 Å². The largest absolute Gasteiger partial charge is 0.506 e. The van der Waals surface area contributed by atoms with Crippen molar-refractivity contribution in [2.24, 2.45) is 0 Å². The first kappa shape index (κ1) is 8.44. The highest BCUT2D eigenvalue weighted by Gasteiger charge is 1.76. The summed E-state index contributed by atoms with van der Waals surface area (Å²) in [5.74, 6) is 0.211. The van der Waals surface area contributed by atoms with Crippen molar-refractivity contribution in [3.05, 3.63) is 24.5 Å². The molecule has 1 aromatic rings. The summed E-state index contributed by atoms with van der Waals surface area (Å²) in [5, 5.41) is 15.9. The molecule has 0 bridgehead atoms. The molecule has 10 heavy (non-hydrogen) atoms. The molecule has 52 valence electrons. The van der Waals surface area contributed by atoms with Crippen LogP contribution in [0.3, 0.4) is 0 Å². The van der Waals surface area contributed by atoms with Gasteiger partial charge in [-0.25, -0.2) is 0 Å². The summed E-state index contributed by atoms with van der Waals surface area (Å²) in [6, 6.07) is 5.00. The van der Waals surface area contributed by atoms with Gasteiger partial charge in [-0.1, -0.05) is 0 Å². The summed E-state index contributed by atoms with van der Waals surface area (Å²) in [6.45, 7) is 1.43. The minimum absolute atomic E-state index is 0.211. The predicted molar refractivity (Wildman–Crippen MR) is 37.2 cm³/mol. The molecule has 0 aliphatic heterocycles. The summed E-state index contributed by atoms with van der Waals surface area (Å²) in [4.78, 5) is 3.63. The fraction of sp³-hybridized carbons (Fsp3) is 0.143. The first-order valence-electron chi connectivity index (χ1n) is 2.71. The summed E-state index contributed by atoms with van der Waals surface area (Å²) in [5.41, 5.74) is 0. The molecule has 0 unspecified atom stereocenters. The Morgan fingerprint density at radius 1 is 1.70 bits per heavy atom. The molecule has 0 aromatic carbocycles. The fourth-order valence-corrected chi connectivity index (χ4v) is 0.354. The summed E-state index contributed by atoms with van der Waals surface area (Å²) in [7, 11) is 0. The molecule has 0 saturated carbocycles. The summed E-state index contributed by atoms with van der Waals surface area (Å²) < 4.78 is 0. The second kappa shape index (κ2) is 5.57. The summed E-state index contributed by atoms with van der Waals surface area (Å²) >= 11 is 0. The predicted octanol–water partition coefficient (Wildman–Crippen LogP) is 1.32. The average Bonchev–Trinajstić information content (AvgIpc) is 1.91. The van der Waals surface area contributed by atoms with Crippen LogP contribution in [0.25, 0.3) is 0 Å². The second-order valence-corrected chi connectivity index (χ2v) is 1.43. The molecule has 1 N–H and O–H groups in total. The first-order valence-corrected chi connectivity index (χ1v) is 2.71. The Morgan fingerprint density at radius 3 is 2.50 bits per heavy atom. The van der Waals surface area contributed by atoms with Gasteiger partial charge in [0.25, 0.3) is 0 Å². The van der Waals surface area contributed by atoms with Gasteiger partial charge in [-0.05, 0) is 12.1 Å². The Morgan fingerprint density at radius 2 is 2.30 bits per heavy atom. The standard InChI is InChI=1S/C5H5NO.C2H3N/c7-5-2-1-3-6-4-5;1-2-3/h1-4,7H;1H3. The van der Waals surface area contributed by atoms with E-state index in [4.69, 9.17) is 10.4 Å². The van der Waals surface area contributed by atoms with Crippen LogP contribution >= 0.6 is 0 Å². The van der Waals surface area contributed by atoms with E-state index in [2.05, 4.69) is 4.98 Å². The van der Waals surface area contributed by atoms with Gasteiger partial charge in [-0.15, -0.1) is 0 Å². The topological polar surface area (TPSA) is 56.9 Å². The van der Waals surface area contributed by atoms with Crippen molar-refractivity contribution in [1.82, 2.24) is 4.98 Å². The molecular weight excluding hydrogens is 128 g/mol. The number of pyridine rings is 1. The van der Waals surface area contributed by atoms with E-state index in [0.29, 0.717) is 0 Å². The Hall–Kier alpha value is -1.56. The van der Waals surface area contributed by atoms with Gasteiger partial charge in [0.05, 0.1) is 12.3 Å². The van der Waals surface area contributed by atoms with E-state index in [1.54, 1.807) is 24.4 Å². The number of aromatic nitrogens is 1. The Labute approximate surface area is 59.6 Å². The smallest absolute Gasteiger partial charge is 0.133 e. The number of aromatic hydroxyl groups is 1. The molecular formula is C7H8N2O. The van der Waals surface area contributed by atoms with Crippen LogP contribution in [-0.2, 0) is 0 Å². The van der Waals surface area contributed by atoms with Gasteiger partial charge >= 0.3 is 0 Å². The lowest BCUT2D eigenvalue weighted by molar-refractivity contribution is 0.472. The molecule has 3 nitrogen and oxygen atoms in total. The molecule has 0 saturated heterocycles. The SMILES string of the molecule is CC#N.Oc1cccnc1. The van der Waals surface area contributed by atoms with Gasteiger partial charge in [0.15, 0.2) is 0 Å². The third-order valence-electron chi connectivity index (χ3n) is 0.646. The van der Waals surface area contributed by atoms with Crippen molar-refractivity contribution < 1.29 is 5.11 Å². The highest BCUT2D eigenvalue weighted by Crippen LogP contribution is 1.99. The van der Waals surface area contributed by atoms with Crippen molar-refractivity contribution in [3.8, 4) is 11.8 Å². The third kappa shape index (κ3) is 4.60. The van der Waals surface area contributed by atoms with E-state index in [0.717, 1.165) is 0 Å². The van der Waals surface area contributed by atoms with Gasteiger partial charge in [0, 0.05) is 13.1 Å². The van der Waals surface area contributed by atoms with Gasteiger partial charge < -0.3 is 5.11 Å². The highest BCUT2D eigenvalue weighted by atomic mass is 16.3.